The Morgan fingerprint density at radius 3 is 2.48 bits per heavy atom. The standard InChI is InChI=1S/C16H24F2N2O/c1-11-6-12(2)20(10-11)16-14(17)7-13(8-15(16)18)9-19-4-5-21-3/h7-8,11-12,19H,4-6,9-10H2,1-3H3. The highest BCUT2D eigenvalue weighted by molar-refractivity contribution is 5.52. The van der Waals surface area contributed by atoms with Gasteiger partial charge in [-0.3, -0.25) is 0 Å². The Morgan fingerprint density at radius 2 is 1.95 bits per heavy atom. The first-order chi connectivity index (χ1) is 10.0. The van der Waals surface area contributed by atoms with Crippen LogP contribution in [0, 0.1) is 17.6 Å². The molecule has 2 unspecified atom stereocenters. The normalized spacial score (nSPS) is 22.0. The molecule has 1 fully saturated rings. The molecule has 1 saturated heterocycles. The van der Waals surface area contributed by atoms with E-state index in [4.69, 9.17) is 4.74 Å². The lowest BCUT2D eigenvalue weighted by Crippen LogP contribution is -2.29. The summed E-state index contributed by atoms with van der Waals surface area (Å²) in [5.74, 6) is -0.479. The van der Waals surface area contributed by atoms with Crippen LogP contribution in [0.2, 0.25) is 0 Å². The summed E-state index contributed by atoms with van der Waals surface area (Å²) in [5.41, 5.74) is 0.734. The average Bonchev–Trinajstić information content (AvgIpc) is 2.73. The van der Waals surface area contributed by atoms with E-state index in [9.17, 15) is 8.78 Å². The van der Waals surface area contributed by atoms with E-state index >= 15 is 0 Å². The number of halogens is 2. The molecule has 0 amide bonds. The summed E-state index contributed by atoms with van der Waals surface area (Å²) in [6.07, 6.45) is 0.971. The van der Waals surface area contributed by atoms with Crippen LogP contribution in [0.25, 0.3) is 0 Å². The summed E-state index contributed by atoms with van der Waals surface area (Å²) in [7, 11) is 1.62. The van der Waals surface area contributed by atoms with Crippen LogP contribution in [0.1, 0.15) is 25.8 Å². The van der Waals surface area contributed by atoms with Crippen molar-refractivity contribution < 1.29 is 13.5 Å². The van der Waals surface area contributed by atoms with Gasteiger partial charge in [-0.15, -0.1) is 0 Å². The molecule has 1 N–H and O–H groups in total. The molecule has 2 rings (SSSR count). The minimum Gasteiger partial charge on any atom is -0.383 e. The molecular weight excluding hydrogens is 274 g/mol. The molecule has 0 radical (unpaired) electrons. The average molecular weight is 298 g/mol. The highest BCUT2D eigenvalue weighted by Gasteiger charge is 2.30. The number of methoxy groups -OCH3 is 1. The Morgan fingerprint density at radius 1 is 1.29 bits per heavy atom. The van der Waals surface area contributed by atoms with Gasteiger partial charge < -0.3 is 15.0 Å². The van der Waals surface area contributed by atoms with Crippen molar-refractivity contribution in [2.45, 2.75) is 32.9 Å². The third-order valence-corrected chi connectivity index (χ3v) is 3.96. The van der Waals surface area contributed by atoms with Gasteiger partial charge in [0.25, 0.3) is 0 Å². The van der Waals surface area contributed by atoms with Crippen LogP contribution in [0.15, 0.2) is 12.1 Å². The minimum atomic E-state index is -0.473. The number of hydrogen-bond acceptors (Lipinski definition) is 3. The van der Waals surface area contributed by atoms with Crippen molar-refractivity contribution >= 4 is 5.69 Å². The molecular formula is C16H24F2N2O. The summed E-state index contributed by atoms with van der Waals surface area (Å²) in [4.78, 5) is 1.84. The molecule has 118 valence electrons. The van der Waals surface area contributed by atoms with Crippen LogP contribution in [-0.2, 0) is 11.3 Å². The molecule has 0 saturated carbocycles. The van der Waals surface area contributed by atoms with Gasteiger partial charge in [0.15, 0.2) is 0 Å². The van der Waals surface area contributed by atoms with Gasteiger partial charge in [0.2, 0.25) is 0 Å². The number of rotatable bonds is 6. The zero-order valence-electron chi connectivity index (χ0n) is 13.0. The van der Waals surface area contributed by atoms with Gasteiger partial charge >= 0.3 is 0 Å². The highest BCUT2D eigenvalue weighted by Crippen LogP contribution is 2.33. The third kappa shape index (κ3) is 3.92. The highest BCUT2D eigenvalue weighted by atomic mass is 19.1. The Hall–Kier alpha value is -1.20. The quantitative estimate of drug-likeness (QED) is 0.817. The summed E-state index contributed by atoms with van der Waals surface area (Å²) in [5, 5.41) is 3.09. The zero-order valence-corrected chi connectivity index (χ0v) is 13.0. The Bertz CT molecular complexity index is 458. The predicted octanol–water partition coefficient (Wildman–Crippen LogP) is 2.94. The molecule has 1 aromatic carbocycles. The maximum Gasteiger partial charge on any atom is 0.149 e. The topological polar surface area (TPSA) is 24.5 Å². The van der Waals surface area contributed by atoms with Crippen molar-refractivity contribution in [3.05, 3.63) is 29.3 Å². The van der Waals surface area contributed by atoms with E-state index in [1.807, 2.05) is 11.8 Å². The van der Waals surface area contributed by atoms with Gasteiger partial charge in [0.1, 0.15) is 17.3 Å². The zero-order chi connectivity index (χ0) is 15.4. The smallest absolute Gasteiger partial charge is 0.149 e. The van der Waals surface area contributed by atoms with E-state index in [0.717, 1.165) is 6.42 Å². The van der Waals surface area contributed by atoms with E-state index < -0.39 is 11.6 Å². The molecule has 0 aromatic heterocycles. The predicted molar refractivity (Wildman–Crippen MR) is 80.5 cm³/mol. The van der Waals surface area contributed by atoms with Gasteiger partial charge in [0.05, 0.1) is 6.61 Å². The molecule has 0 aliphatic carbocycles. The second-order valence-corrected chi connectivity index (χ2v) is 5.92. The lowest BCUT2D eigenvalue weighted by atomic mass is 10.1. The Labute approximate surface area is 125 Å². The largest absolute Gasteiger partial charge is 0.383 e. The first-order valence-corrected chi connectivity index (χ1v) is 7.47. The molecule has 1 aliphatic rings. The molecule has 21 heavy (non-hydrogen) atoms. The van der Waals surface area contributed by atoms with Crippen molar-refractivity contribution in [2.75, 3.05) is 31.7 Å². The van der Waals surface area contributed by atoms with Crippen LogP contribution in [0.5, 0.6) is 0 Å². The fraction of sp³-hybridized carbons (Fsp3) is 0.625. The van der Waals surface area contributed by atoms with Gasteiger partial charge in [-0.05, 0) is 37.0 Å². The van der Waals surface area contributed by atoms with E-state index in [1.165, 1.54) is 12.1 Å². The molecule has 3 nitrogen and oxygen atoms in total. The minimum absolute atomic E-state index is 0.118. The number of nitrogens with zero attached hydrogens (tertiary/aromatic N) is 1. The number of benzene rings is 1. The summed E-state index contributed by atoms with van der Waals surface area (Å²) < 4.78 is 33.5. The van der Waals surface area contributed by atoms with Crippen molar-refractivity contribution in [3.8, 4) is 0 Å². The number of nitrogens with one attached hydrogen (secondary N) is 1. The third-order valence-electron chi connectivity index (χ3n) is 3.96. The summed E-state index contributed by atoms with van der Waals surface area (Å²) in [6.45, 7) is 6.50. The van der Waals surface area contributed by atoms with Crippen molar-refractivity contribution in [1.82, 2.24) is 5.32 Å². The molecule has 0 spiro atoms. The molecule has 1 heterocycles. The number of hydrogen-bond donors (Lipinski definition) is 1. The first kappa shape index (κ1) is 16.2. The van der Waals surface area contributed by atoms with Crippen LogP contribution in [-0.4, -0.2) is 32.8 Å². The van der Waals surface area contributed by atoms with E-state index in [-0.39, 0.29) is 11.7 Å². The molecule has 1 aliphatic heterocycles. The monoisotopic (exact) mass is 298 g/mol. The second-order valence-electron chi connectivity index (χ2n) is 5.92. The maximum atomic E-state index is 14.3. The van der Waals surface area contributed by atoms with Crippen molar-refractivity contribution in [2.24, 2.45) is 5.92 Å². The van der Waals surface area contributed by atoms with Gasteiger partial charge in [0, 0.05) is 32.8 Å². The Kier molecular flexibility index (Phi) is 5.53. The first-order valence-electron chi connectivity index (χ1n) is 7.47. The van der Waals surface area contributed by atoms with Gasteiger partial charge in [-0.1, -0.05) is 6.92 Å². The van der Waals surface area contributed by atoms with Gasteiger partial charge in [-0.2, -0.15) is 0 Å². The SMILES string of the molecule is COCCNCc1cc(F)c(N2CC(C)CC2C)c(F)c1. The lowest BCUT2D eigenvalue weighted by molar-refractivity contribution is 0.199. The van der Waals surface area contributed by atoms with E-state index in [0.29, 0.717) is 37.7 Å². The fourth-order valence-corrected chi connectivity index (χ4v) is 3.01. The summed E-state index contributed by atoms with van der Waals surface area (Å²) in [6, 6.07) is 3.02. The van der Waals surface area contributed by atoms with Gasteiger partial charge in [-0.25, -0.2) is 8.78 Å². The maximum absolute atomic E-state index is 14.3. The van der Waals surface area contributed by atoms with E-state index in [1.54, 1.807) is 7.11 Å². The van der Waals surface area contributed by atoms with Crippen LogP contribution in [0.4, 0.5) is 14.5 Å². The molecule has 2 atom stereocenters. The fourth-order valence-electron chi connectivity index (χ4n) is 3.01. The van der Waals surface area contributed by atoms with E-state index in [2.05, 4.69) is 12.2 Å². The second kappa shape index (κ2) is 7.18. The number of ether oxygens (including phenoxy) is 1. The van der Waals surface area contributed by atoms with Crippen molar-refractivity contribution in [3.63, 3.8) is 0 Å². The molecule has 0 bridgehead atoms. The molecule has 5 heteroatoms. The summed E-state index contributed by atoms with van der Waals surface area (Å²) >= 11 is 0. The van der Waals surface area contributed by atoms with Crippen LogP contribution < -0.4 is 10.2 Å². The molecule has 1 aromatic rings. The number of anilines is 1. The van der Waals surface area contributed by atoms with Crippen molar-refractivity contribution in [1.29, 1.82) is 0 Å². The lowest BCUT2D eigenvalue weighted by Gasteiger charge is -2.25. The van der Waals surface area contributed by atoms with Crippen LogP contribution >= 0.6 is 0 Å². The van der Waals surface area contributed by atoms with Crippen LogP contribution in [0.3, 0.4) is 0 Å². The Balaban J connectivity index is 2.10.